The van der Waals surface area contributed by atoms with Crippen molar-refractivity contribution < 1.29 is 4.79 Å². The average molecular weight is 408 g/mol. The van der Waals surface area contributed by atoms with Crippen LogP contribution in [0.4, 0.5) is 0 Å². The van der Waals surface area contributed by atoms with E-state index in [1.807, 2.05) is 53.7 Å². The van der Waals surface area contributed by atoms with E-state index in [2.05, 4.69) is 21.8 Å². The highest BCUT2D eigenvalue weighted by Crippen LogP contribution is 2.19. The smallest absolute Gasteiger partial charge is 0.326 e. The van der Waals surface area contributed by atoms with Gasteiger partial charge in [0.15, 0.2) is 0 Å². The number of likely N-dealkylation sites (tertiary alicyclic amines) is 1. The Kier molecular flexibility index (Phi) is 6.28. The van der Waals surface area contributed by atoms with Crippen molar-refractivity contribution in [3.05, 3.63) is 64.8 Å². The lowest BCUT2D eigenvalue weighted by Crippen LogP contribution is -2.49. The summed E-state index contributed by atoms with van der Waals surface area (Å²) in [5, 5.41) is 0. The van der Waals surface area contributed by atoms with Crippen LogP contribution in [-0.2, 0) is 17.9 Å². The van der Waals surface area contributed by atoms with Gasteiger partial charge in [-0.1, -0.05) is 19.1 Å². The fourth-order valence-electron chi connectivity index (χ4n) is 4.40. The van der Waals surface area contributed by atoms with Crippen LogP contribution in [0, 0.1) is 0 Å². The SMILES string of the molecule is CCN(Cc1ccncc1)C1CCCN(C(=O)CCn2c(=O)[nH]c3ccccc32)C1. The number of hydrogen-bond acceptors (Lipinski definition) is 4. The van der Waals surface area contributed by atoms with Crippen LogP contribution in [0.2, 0.25) is 0 Å². The third-order valence-corrected chi connectivity index (χ3v) is 6.04. The van der Waals surface area contributed by atoms with Crippen molar-refractivity contribution in [2.24, 2.45) is 0 Å². The van der Waals surface area contributed by atoms with Gasteiger partial charge in [-0.3, -0.25) is 19.2 Å². The van der Waals surface area contributed by atoms with E-state index < -0.39 is 0 Å². The predicted molar refractivity (Wildman–Crippen MR) is 117 cm³/mol. The molecule has 0 saturated carbocycles. The zero-order chi connectivity index (χ0) is 20.9. The Morgan fingerprint density at radius 3 is 2.83 bits per heavy atom. The zero-order valence-corrected chi connectivity index (χ0v) is 17.5. The number of hydrogen-bond donors (Lipinski definition) is 1. The topological polar surface area (TPSA) is 74.2 Å². The average Bonchev–Trinajstić information content (AvgIpc) is 3.11. The molecule has 1 aliphatic rings. The number of rotatable bonds is 7. The highest BCUT2D eigenvalue weighted by Gasteiger charge is 2.27. The van der Waals surface area contributed by atoms with Crippen LogP contribution in [0.1, 0.15) is 31.7 Å². The first-order chi connectivity index (χ1) is 14.7. The number of H-pyrrole nitrogens is 1. The molecule has 0 spiro atoms. The Balaban J connectivity index is 1.38. The molecule has 7 nitrogen and oxygen atoms in total. The molecule has 0 radical (unpaired) electrons. The zero-order valence-electron chi connectivity index (χ0n) is 17.5. The number of amides is 1. The predicted octanol–water partition coefficient (Wildman–Crippen LogP) is 2.63. The highest BCUT2D eigenvalue weighted by molar-refractivity contribution is 5.77. The minimum Gasteiger partial charge on any atom is -0.341 e. The van der Waals surface area contributed by atoms with Crippen LogP contribution in [-0.4, -0.2) is 55.9 Å². The Morgan fingerprint density at radius 1 is 1.23 bits per heavy atom. The summed E-state index contributed by atoms with van der Waals surface area (Å²) in [4.78, 5) is 36.6. The largest absolute Gasteiger partial charge is 0.341 e. The van der Waals surface area contributed by atoms with Crippen molar-refractivity contribution in [1.82, 2.24) is 24.3 Å². The van der Waals surface area contributed by atoms with Crippen molar-refractivity contribution in [3.8, 4) is 0 Å². The molecule has 2 aromatic heterocycles. The fourth-order valence-corrected chi connectivity index (χ4v) is 4.40. The first-order valence-corrected chi connectivity index (χ1v) is 10.7. The van der Waals surface area contributed by atoms with Crippen molar-refractivity contribution in [1.29, 1.82) is 0 Å². The summed E-state index contributed by atoms with van der Waals surface area (Å²) in [6.45, 7) is 5.93. The molecule has 3 aromatic rings. The van der Waals surface area contributed by atoms with Crippen LogP contribution in [0.5, 0.6) is 0 Å². The Morgan fingerprint density at radius 2 is 2.03 bits per heavy atom. The number of fused-ring (bicyclic) bond motifs is 1. The van der Waals surface area contributed by atoms with Gasteiger partial charge in [0.25, 0.3) is 0 Å². The lowest BCUT2D eigenvalue weighted by Gasteiger charge is -2.39. The van der Waals surface area contributed by atoms with E-state index in [1.165, 1.54) is 5.56 Å². The summed E-state index contributed by atoms with van der Waals surface area (Å²) in [7, 11) is 0. The number of aromatic amines is 1. The van der Waals surface area contributed by atoms with Crippen LogP contribution < -0.4 is 5.69 Å². The van der Waals surface area contributed by atoms with Crippen LogP contribution in [0.3, 0.4) is 0 Å². The molecule has 158 valence electrons. The molecule has 1 amide bonds. The number of aryl methyl sites for hydroxylation is 1. The lowest BCUT2D eigenvalue weighted by molar-refractivity contribution is -0.133. The van der Waals surface area contributed by atoms with Gasteiger partial charge in [-0.05, 0) is 49.2 Å². The summed E-state index contributed by atoms with van der Waals surface area (Å²) >= 11 is 0. The van der Waals surface area contributed by atoms with E-state index in [0.29, 0.717) is 19.0 Å². The minimum absolute atomic E-state index is 0.122. The number of carbonyl (C=O) groups is 1. The molecule has 7 heteroatoms. The maximum Gasteiger partial charge on any atom is 0.326 e. The minimum atomic E-state index is -0.157. The molecule has 1 aliphatic heterocycles. The Bertz CT molecular complexity index is 1040. The monoisotopic (exact) mass is 407 g/mol. The van der Waals surface area contributed by atoms with Gasteiger partial charge in [0.1, 0.15) is 0 Å². The maximum absolute atomic E-state index is 12.9. The summed E-state index contributed by atoms with van der Waals surface area (Å²) in [6, 6.07) is 12.1. The number of piperidine rings is 1. The highest BCUT2D eigenvalue weighted by atomic mass is 16.2. The van der Waals surface area contributed by atoms with Gasteiger partial charge in [-0.15, -0.1) is 0 Å². The molecule has 4 rings (SSSR count). The third-order valence-electron chi connectivity index (χ3n) is 6.04. The van der Waals surface area contributed by atoms with Crippen LogP contribution >= 0.6 is 0 Å². The first kappa shape index (κ1) is 20.3. The standard InChI is InChI=1S/C23H29N5O2/c1-2-26(16-18-9-12-24-13-10-18)19-6-5-14-27(17-19)22(29)11-15-28-21-8-4-3-7-20(21)25-23(28)30/h3-4,7-10,12-13,19H,2,5-6,11,14-17H2,1H3,(H,25,30). The molecule has 3 heterocycles. The number of nitrogens with zero attached hydrogens (tertiary/aromatic N) is 4. The summed E-state index contributed by atoms with van der Waals surface area (Å²) in [5.41, 5.74) is 2.74. The summed E-state index contributed by atoms with van der Waals surface area (Å²) in [6.07, 6.45) is 6.10. The number of likely N-dealkylation sites (N-methyl/N-ethyl adjacent to an activating group) is 1. The van der Waals surface area contributed by atoms with E-state index in [-0.39, 0.29) is 11.6 Å². The molecule has 1 unspecified atom stereocenters. The molecular weight excluding hydrogens is 378 g/mol. The van der Waals surface area contributed by atoms with Crippen LogP contribution in [0.25, 0.3) is 11.0 Å². The van der Waals surface area contributed by atoms with Crippen molar-refractivity contribution in [2.45, 2.75) is 45.3 Å². The fraction of sp³-hybridized carbons (Fsp3) is 0.435. The maximum atomic E-state index is 12.9. The van der Waals surface area contributed by atoms with Gasteiger partial charge < -0.3 is 9.88 Å². The number of carbonyl (C=O) groups excluding carboxylic acids is 1. The summed E-state index contributed by atoms with van der Waals surface area (Å²) < 4.78 is 1.66. The van der Waals surface area contributed by atoms with Crippen LogP contribution in [0.15, 0.2) is 53.6 Å². The normalized spacial score (nSPS) is 17.0. The molecule has 1 aromatic carbocycles. The van der Waals surface area contributed by atoms with Gasteiger partial charge >= 0.3 is 5.69 Å². The second-order valence-corrected chi connectivity index (χ2v) is 7.90. The van der Waals surface area contributed by atoms with E-state index in [0.717, 1.165) is 50.1 Å². The number of benzene rings is 1. The second kappa shape index (κ2) is 9.26. The number of para-hydroxylation sites is 2. The van der Waals surface area contributed by atoms with Crippen molar-refractivity contribution in [3.63, 3.8) is 0 Å². The first-order valence-electron chi connectivity index (χ1n) is 10.7. The van der Waals surface area contributed by atoms with Gasteiger partial charge in [0.05, 0.1) is 11.0 Å². The Hall–Kier alpha value is -2.93. The van der Waals surface area contributed by atoms with Gasteiger partial charge in [-0.25, -0.2) is 4.79 Å². The molecule has 1 atom stereocenters. The molecule has 0 bridgehead atoms. The van der Waals surface area contributed by atoms with E-state index in [4.69, 9.17) is 0 Å². The van der Waals surface area contributed by atoms with E-state index >= 15 is 0 Å². The molecule has 0 aliphatic carbocycles. The quantitative estimate of drug-likeness (QED) is 0.653. The molecular formula is C23H29N5O2. The van der Waals surface area contributed by atoms with Gasteiger partial charge in [-0.2, -0.15) is 0 Å². The number of pyridine rings is 1. The second-order valence-electron chi connectivity index (χ2n) is 7.90. The molecule has 1 N–H and O–H groups in total. The number of nitrogens with one attached hydrogen (secondary N) is 1. The van der Waals surface area contributed by atoms with Crippen molar-refractivity contribution >= 4 is 16.9 Å². The van der Waals surface area contributed by atoms with Crippen molar-refractivity contribution in [2.75, 3.05) is 19.6 Å². The van der Waals surface area contributed by atoms with Gasteiger partial charge in [0, 0.05) is 51.0 Å². The molecule has 30 heavy (non-hydrogen) atoms. The van der Waals surface area contributed by atoms with E-state index in [9.17, 15) is 9.59 Å². The Labute approximate surface area is 176 Å². The molecule has 1 fully saturated rings. The lowest BCUT2D eigenvalue weighted by atomic mass is 10.0. The van der Waals surface area contributed by atoms with Gasteiger partial charge in [0.2, 0.25) is 5.91 Å². The molecule has 1 saturated heterocycles. The third kappa shape index (κ3) is 4.46. The number of aromatic nitrogens is 3. The number of imidazole rings is 1. The summed E-state index contributed by atoms with van der Waals surface area (Å²) in [5.74, 6) is 0.122. The van der Waals surface area contributed by atoms with E-state index in [1.54, 1.807) is 4.57 Å².